The Labute approximate surface area is 182 Å². The fourth-order valence-electron chi connectivity index (χ4n) is 3.37. The van der Waals surface area contributed by atoms with Gasteiger partial charge in [0.1, 0.15) is 0 Å². The number of carbonyl (C=O) groups excluding carboxylic acids is 2. The molecule has 0 spiro atoms. The summed E-state index contributed by atoms with van der Waals surface area (Å²) in [5.41, 5.74) is 2.02. The number of methoxy groups -OCH3 is 1. The van der Waals surface area contributed by atoms with Crippen LogP contribution in [0.25, 0.3) is 10.9 Å². The number of nitrogens with zero attached hydrogens (tertiary/aromatic N) is 1. The zero-order chi connectivity index (χ0) is 21.8. The quantitative estimate of drug-likeness (QED) is 0.337. The highest BCUT2D eigenvalue weighted by molar-refractivity contribution is 9.10. The van der Waals surface area contributed by atoms with E-state index in [-0.39, 0.29) is 24.0 Å². The maximum Gasteiger partial charge on any atom is 0.310 e. The van der Waals surface area contributed by atoms with E-state index in [2.05, 4.69) is 15.9 Å². The Kier molecular flexibility index (Phi) is 6.92. The Morgan fingerprint density at radius 1 is 1.17 bits per heavy atom. The first-order valence-electron chi connectivity index (χ1n) is 9.70. The molecule has 0 N–H and O–H groups in total. The molecule has 7 heteroatoms. The average Bonchev–Trinajstić information content (AvgIpc) is 2.98. The molecular weight excluding hydrogens is 453 g/mol. The minimum atomic E-state index is -0.579. The summed E-state index contributed by atoms with van der Waals surface area (Å²) in [6, 6.07) is 9.71. The molecule has 0 aliphatic rings. The molecule has 1 aromatic heterocycles. The summed E-state index contributed by atoms with van der Waals surface area (Å²) in [5, 5.41) is 0.587. The fourth-order valence-corrected chi connectivity index (χ4v) is 3.63. The highest BCUT2D eigenvalue weighted by Gasteiger charge is 2.23. The minimum Gasteiger partial charge on any atom is -0.494 e. The fraction of sp³-hybridized carbons (Fsp3) is 0.304. The first-order chi connectivity index (χ1) is 14.4. The van der Waals surface area contributed by atoms with Crippen LogP contribution in [-0.4, -0.2) is 30.2 Å². The lowest BCUT2D eigenvalue weighted by Crippen LogP contribution is -2.15. The van der Waals surface area contributed by atoms with E-state index in [1.54, 1.807) is 31.2 Å². The van der Waals surface area contributed by atoms with Gasteiger partial charge in [0.05, 0.1) is 25.7 Å². The molecule has 1 heterocycles. The smallest absolute Gasteiger partial charge is 0.310 e. The van der Waals surface area contributed by atoms with Crippen LogP contribution in [0.15, 0.2) is 40.9 Å². The van der Waals surface area contributed by atoms with Gasteiger partial charge in [-0.25, -0.2) is 4.39 Å². The van der Waals surface area contributed by atoms with Crippen LogP contribution in [0, 0.1) is 12.7 Å². The van der Waals surface area contributed by atoms with Gasteiger partial charge in [0.2, 0.25) is 0 Å². The van der Waals surface area contributed by atoms with Gasteiger partial charge in [-0.1, -0.05) is 29.3 Å². The van der Waals surface area contributed by atoms with Crippen LogP contribution < -0.4 is 4.74 Å². The number of rotatable bonds is 7. The zero-order valence-electron chi connectivity index (χ0n) is 17.1. The Bertz CT molecular complexity index is 1090. The maximum atomic E-state index is 14.5. The van der Waals surface area contributed by atoms with E-state index in [9.17, 15) is 14.0 Å². The summed E-state index contributed by atoms with van der Waals surface area (Å²) < 4.78 is 27.2. The Hall–Kier alpha value is -2.67. The highest BCUT2D eigenvalue weighted by atomic mass is 79.9. The van der Waals surface area contributed by atoms with E-state index in [4.69, 9.17) is 9.47 Å². The number of hydrogen-bond acceptors (Lipinski definition) is 4. The first kappa shape index (κ1) is 22.0. The molecule has 3 rings (SSSR count). The van der Waals surface area contributed by atoms with Crippen LogP contribution in [0.3, 0.4) is 0 Å². The van der Waals surface area contributed by atoms with Crippen LogP contribution in [-0.2, 0) is 16.0 Å². The van der Waals surface area contributed by atoms with Crippen molar-refractivity contribution < 1.29 is 23.5 Å². The van der Waals surface area contributed by atoms with E-state index in [0.717, 1.165) is 17.3 Å². The van der Waals surface area contributed by atoms with Gasteiger partial charge in [0, 0.05) is 27.2 Å². The maximum absolute atomic E-state index is 14.5. The van der Waals surface area contributed by atoms with Gasteiger partial charge >= 0.3 is 5.97 Å². The number of aromatic nitrogens is 1. The third kappa shape index (κ3) is 4.41. The third-order valence-electron chi connectivity index (χ3n) is 4.98. The van der Waals surface area contributed by atoms with E-state index < -0.39 is 5.82 Å². The first-order valence-corrected chi connectivity index (χ1v) is 10.5. The Morgan fingerprint density at radius 3 is 2.50 bits per heavy atom. The molecule has 158 valence electrons. The van der Waals surface area contributed by atoms with Gasteiger partial charge in [-0.2, -0.15) is 0 Å². The zero-order valence-corrected chi connectivity index (χ0v) is 18.7. The van der Waals surface area contributed by atoms with Crippen molar-refractivity contribution in [2.24, 2.45) is 0 Å². The molecular formula is C23H23BrFNO4. The molecule has 0 unspecified atom stereocenters. The monoisotopic (exact) mass is 475 g/mol. The number of fused-ring (bicyclic) bond motifs is 1. The summed E-state index contributed by atoms with van der Waals surface area (Å²) >= 11 is 3.35. The standard InChI is InChI=1S/C23H23BrFNO4/c1-4-5-10-30-22(27)12-17-14(2)26(23(28)15-6-8-16(24)9-7-15)20-13-19(25)21(29-3)11-18(17)20/h6-9,11,13H,4-5,10,12H2,1-3H3. The number of unbranched alkanes of at least 4 members (excludes halogenated alkanes) is 1. The van der Waals surface area contributed by atoms with Crippen molar-refractivity contribution in [1.82, 2.24) is 4.57 Å². The van der Waals surface area contributed by atoms with Crippen molar-refractivity contribution in [2.75, 3.05) is 13.7 Å². The summed E-state index contributed by atoms with van der Waals surface area (Å²) in [6.07, 6.45) is 1.69. The number of ether oxygens (including phenoxy) is 2. The van der Waals surface area contributed by atoms with Crippen molar-refractivity contribution in [3.63, 3.8) is 0 Å². The van der Waals surface area contributed by atoms with Crippen LogP contribution in [0.2, 0.25) is 0 Å². The lowest BCUT2D eigenvalue weighted by Gasteiger charge is -2.08. The molecule has 0 aliphatic heterocycles. The normalized spacial score (nSPS) is 11.0. The minimum absolute atomic E-state index is 0.0124. The molecule has 30 heavy (non-hydrogen) atoms. The van der Waals surface area contributed by atoms with Gasteiger partial charge in [0.25, 0.3) is 5.91 Å². The van der Waals surface area contributed by atoms with Gasteiger partial charge in [-0.15, -0.1) is 0 Å². The molecule has 0 atom stereocenters. The van der Waals surface area contributed by atoms with E-state index in [1.807, 2.05) is 6.92 Å². The van der Waals surface area contributed by atoms with Crippen molar-refractivity contribution >= 4 is 38.7 Å². The molecule has 5 nitrogen and oxygen atoms in total. The topological polar surface area (TPSA) is 57.5 Å². The van der Waals surface area contributed by atoms with Gasteiger partial charge in [-0.05, 0) is 49.2 Å². The van der Waals surface area contributed by atoms with Gasteiger partial charge in [0.15, 0.2) is 11.6 Å². The van der Waals surface area contributed by atoms with Crippen molar-refractivity contribution in [2.45, 2.75) is 33.1 Å². The number of benzene rings is 2. The van der Waals surface area contributed by atoms with Crippen LogP contribution in [0.4, 0.5) is 4.39 Å². The second-order valence-electron chi connectivity index (χ2n) is 6.97. The molecule has 0 saturated heterocycles. The largest absolute Gasteiger partial charge is 0.494 e. The molecule has 0 amide bonds. The number of esters is 1. The van der Waals surface area contributed by atoms with Crippen LogP contribution in [0.1, 0.15) is 41.4 Å². The molecule has 3 aromatic rings. The highest BCUT2D eigenvalue weighted by Crippen LogP contribution is 2.32. The molecule has 0 bridgehead atoms. The van der Waals surface area contributed by atoms with Crippen molar-refractivity contribution in [1.29, 1.82) is 0 Å². The molecule has 0 saturated carbocycles. The predicted octanol–water partition coefficient (Wildman–Crippen LogP) is 5.43. The number of carbonyl (C=O) groups is 2. The second kappa shape index (κ2) is 9.43. The molecule has 2 aromatic carbocycles. The van der Waals surface area contributed by atoms with E-state index >= 15 is 0 Å². The summed E-state index contributed by atoms with van der Waals surface area (Å²) in [7, 11) is 1.37. The van der Waals surface area contributed by atoms with Crippen LogP contribution >= 0.6 is 15.9 Å². The Morgan fingerprint density at radius 2 is 1.87 bits per heavy atom. The lowest BCUT2D eigenvalue weighted by molar-refractivity contribution is -0.142. The molecule has 0 radical (unpaired) electrons. The molecule has 0 aliphatic carbocycles. The van der Waals surface area contributed by atoms with Crippen molar-refractivity contribution in [3.8, 4) is 5.75 Å². The summed E-state index contributed by atoms with van der Waals surface area (Å²) in [4.78, 5) is 25.6. The number of hydrogen-bond donors (Lipinski definition) is 0. The third-order valence-corrected chi connectivity index (χ3v) is 5.51. The van der Waals surface area contributed by atoms with E-state index in [1.165, 1.54) is 23.8 Å². The lowest BCUT2D eigenvalue weighted by atomic mass is 10.1. The number of halogens is 2. The Balaban J connectivity index is 2.11. The SMILES string of the molecule is CCCCOC(=O)Cc1c(C)n(C(=O)c2ccc(Br)cc2)c2cc(F)c(OC)cc12. The summed E-state index contributed by atoms with van der Waals surface area (Å²) in [6.45, 7) is 4.11. The second-order valence-corrected chi connectivity index (χ2v) is 7.88. The summed E-state index contributed by atoms with van der Waals surface area (Å²) in [5.74, 6) is -1.22. The van der Waals surface area contributed by atoms with Gasteiger partial charge < -0.3 is 9.47 Å². The predicted molar refractivity (Wildman–Crippen MR) is 117 cm³/mol. The molecule has 0 fully saturated rings. The average molecular weight is 476 g/mol. The van der Waals surface area contributed by atoms with Gasteiger partial charge in [-0.3, -0.25) is 14.2 Å². The van der Waals surface area contributed by atoms with Crippen molar-refractivity contribution in [3.05, 3.63) is 63.5 Å². The van der Waals surface area contributed by atoms with Crippen LogP contribution in [0.5, 0.6) is 5.75 Å². The van der Waals surface area contributed by atoms with E-state index in [0.29, 0.717) is 34.3 Å².